The molecule has 0 fully saturated rings. The molecular formula is C9H16FNO4. The highest BCUT2D eigenvalue weighted by atomic mass is 19.1. The average Bonchev–Trinajstić information content (AvgIpc) is 2.16. The molecule has 0 aliphatic rings. The summed E-state index contributed by atoms with van der Waals surface area (Å²) in [4.78, 5) is 23.2. The number of carbonyl (C=O) groups is 2. The van der Waals surface area contributed by atoms with E-state index in [2.05, 4.69) is 9.47 Å². The highest BCUT2D eigenvalue weighted by molar-refractivity contribution is 5.74. The zero-order chi connectivity index (χ0) is 11.8. The van der Waals surface area contributed by atoms with Crippen LogP contribution in [0, 0.1) is 0 Å². The summed E-state index contributed by atoms with van der Waals surface area (Å²) in [6.07, 6.45) is -1.13. The van der Waals surface area contributed by atoms with Gasteiger partial charge < -0.3 is 9.47 Å². The van der Waals surface area contributed by atoms with Crippen LogP contribution in [0.5, 0.6) is 0 Å². The Morgan fingerprint density at radius 2 is 1.60 bits per heavy atom. The molecule has 1 atom stereocenters. The van der Waals surface area contributed by atoms with Gasteiger partial charge in [-0.15, -0.1) is 0 Å². The van der Waals surface area contributed by atoms with Crippen LogP contribution < -0.4 is 0 Å². The molecule has 0 saturated heterocycles. The minimum atomic E-state index is -1.13. The van der Waals surface area contributed by atoms with Gasteiger partial charge in [-0.2, -0.15) is 0 Å². The van der Waals surface area contributed by atoms with Gasteiger partial charge >= 0.3 is 11.9 Å². The summed E-state index contributed by atoms with van der Waals surface area (Å²) in [5, 5.41) is 0. The number of methoxy groups -OCH3 is 2. The maximum absolute atomic E-state index is 12.7. The van der Waals surface area contributed by atoms with Crippen molar-refractivity contribution in [3.63, 3.8) is 0 Å². The number of ether oxygens (including phenoxy) is 2. The van der Waals surface area contributed by atoms with Gasteiger partial charge in [0.2, 0.25) is 0 Å². The summed E-state index contributed by atoms with van der Waals surface area (Å²) >= 11 is 0. The number of halogens is 1. The van der Waals surface area contributed by atoms with E-state index in [-0.39, 0.29) is 19.6 Å². The first kappa shape index (κ1) is 13.8. The molecule has 88 valence electrons. The second-order valence-corrected chi connectivity index (χ2v) is 3.10. The molecule has 0 saturated carbocycles. The molecule has 0 radical (unpaired) electrons. The number of rotatable bonds is 6. The van der Waals surface area contributed by atoms with Gasteiger partial charge in [0, 0.05) is 6.54 Å². The standard InChI is InChI=1S/C9H16FNO4/c1-7(10)4-11(5-8(12)14-2)6-9(13)15-3/h7H,4-6H2,1-3H3. The Labute approximate surface area is 88.1 Å². The topological polar surface area (TPSA) is 55.8 Å². The average molecular weight is 221 g/mol. The molecule has 0 aromatic heterocycles. The second kappa shape index (κ2) is 7.17. The number of nitrogens with zero attached hydrogens (tertiary/aromatic N) is 1. The largest absolute Gasteiger partial charge is 0.468 e. The molecule has 0 amide bonds. The van der Waals surface area contributed by atoms with E-state index in [1.807, 2.05) is 0 Å². The minimum Gasteiger partial charge on any atom is -0.468 e. The van der Waals surface area contributed by atoms with Crippen LogP contribution in [-0.4, -0.2) is 56.9 Å². The minimum absolute atomic E-state index is 0.00972. The van der Waals surface area contributed by atoms with Crippen LogP contribution in [0.4, 0.5) is 4.39 Å². The number of alkyl halides is 1. The van der Waals surface area contributed by atoms with Crippen molar-refractivity contribution in [2.45, 2.75) is 13.1 Å². The quantitative estimate of drug-likeness (QED) is 0.590. The van der Waals surface area contributed by atoms with Crippen molar-refractivity contribution in [3.05, 3.63) is 0 Å². The van der Waals surface area contributed by atoms with Crippen molar-refractivity contribution in [1.29, 1.82) is 0 Å². The van der Waals surface area contributed by atoms with E-state index in [9.17, 15) is 14.0 Å². The summed E-state index contributed by atoms with van der Waals surface area (Å²) < 4.78 is 21.6. The summed E-state index contributed by atoms with van der Waals surface area (Å²) in [6.45, 7) is 1.09. The first-order chi connectivity index (χ1) is 6.99. The Morgan fingerprint density at radius 3 is 1.87 bits per heavy atom. The van der Waals surface area contributed by atoms with Crippen LogP contribution >= 0.6 is 0 Å². The third kappa shape index (κ3) is 6.84. The van der Waals surface area contributed by atoms with Gasteiger partial charge in [-0.1, -0.05) is 0 Å². The van der Waals surface area contributed by atoms with E-state index >= 15 is 0 Å². The molecule has 0 heterocycles. The SMILES string of the molecule is COC(=O)CN(CC(=O)OC)CC(C)F. The molecule has 0 aromatic carbocycles. The Kier molecular flexibility index (Phi) is 6.61. The molecule has 15 heavy (non-hydrogen) atoms. The normalized spacial score (nSPS) is 12.3. The lowest BCUT2D eigenvalue weighted by atomic mass is 10.3. The van der Waals surface area contributed by atoms with E-state index in [0.29, 0.717) is 0 Å². The number of hydrogen-bond acceptors (Lipinski definition) is 5. The number of hydrogen-bond donors (Lipinski definition) is 0. The molecule has 5 nitrogen and oxygen atoms in total. The van der Waals surface area contributed by atoms with Crippen LogP contribution in [0.1, 0.15) is 6.92 Å². The number of esters is 2. The van der Waals surface area contributed by atoms with E-state index in [1.54, 1.807) is 0 Å². The third-order valence-electron chi connectivity index (χ3n) is 1.67. The zero-order valence-electron chi connectivity index (χ0n) is 9.16. The first-order valence-corrected chi connectivity index (χ1v) is 4.49. The Bertz CT molecular complexity index is 202. The molecule has 0 aromatic rings. The van der Waals surface area contributed by atoms with Crippen LogP contribution in [0.2, 0.25) is 0 Å². The fraction of sp³-hybridized carbons (Fsp3) is 0.778. The lowest BCUT2D eigenvalue weighted by Gasteiger charge is -2.19. The first-order valence-electron chi connectivity index (χ1n) is 4.49. The van der Waals surface area contributed by atoms with E-state index < -0.39 is 18.1 Å². The smallest absolute Gasteiger partial charge is 0.319 e. The highest BCUT2D eigenvalue weighted by Crippen LogP contribution is 1.97. The van der Waals surface area contributed by atoms with Gasteiger partial charge in [0.1, 0.15) is 6.17 Å². The van der Waals surface area contributed by atoms with Crippen molar-refractivity contribution in [2.75, 3.05) is 33.9 Å². The van der Waals surface area contributed by atoms with Crippen molar-refractivity contribution < 1.29 is 23.5 Å². The summed E-state index contributed by atoms with van der Waals surface area (Å²) in [5.74, 6) is -1.03. The van der Waals surface area contributed by atoms with Crippen molar-refractivity contribution in [1.82, 2.24) is 4.90 Å². The lowest BCUT2D eigenvalue weighted by Crippen LogP contribution is -2.38. The molecule has 0 rings (SSSR count). The van der Waals surface area contributed by atoms with Crippen molar-refractivity contribution >= 4 is 11.9 Å². The predicted molar refractivity (Wildman–Crippen MR) is 51.0 cm³/mol. The fourth-order valence-corrected chi connectivity index (χ4v) is 1.04. The molecule has 6 heteroatoms. The summed E-state index contributed by atoms with van der Waals surface area (Å²) in [5.41, 5.74) is 0. The van der Waals surface area contributed by atoms with Gasteiger partial charge in [-0.3, -0.25) is 14.5 Å². The lowest BCUT2D eigenvalue weighted by molar-refractivity contribution is -0.145. The molecule has 0 aliphatic carbocycles. The van der Waals surface area contributed by atoms with Gasteiger partial charge in [0.05, 0.1) is 27.3 Å². The van der Waals surface area contributed by atoms with Crippen molar-refractivity contribution in [2.24, 2.45) is 0 Å². The van der Waals surface area contributed by atoms with E-state index in [1.165, 1.54) is 26.0 Å². The monoisotopic (exact) mass is 221 g/mol. The second-order valence-electron chi connectivity index (χ2n) is 3.10. The maximum atomic E-state index is 12.7. The zero-order valence-corrected chi connectivity index (χ0v) is 9.16. The summed E-state index contributed by atoms with van der Waals surface area (Å²) in [7, 11) is 2.47. The fourth-order valence-electron chi connectivity index (χ4n) is 1.04. The van der Waals surface area contributed by atoms with Crippen LogP contribution in [-0.2, 0) is 19.1 Å². The molecule has 0 bridgehead atoms. The Morgan fingerprint density at radius 1 is 1.20 bits per heavy atom. The van der Waals surface area contributed by atoms with Crippen LogP contribution in [0.3, 0.4) is 0 Å². The van der Waals surface area contributed by atoms with Gasteiger partial charge in [-0.05, 0) is 6.92 Å². The molecule has 0 aliphatic heterocycles. The van der Waals surface area contributed by atoms with Crippen LogP contribution in [0.15, 0.2) is 0 Å². The molecule has 1 unspecified atom stereocenters. The van der Waals surface area contributed by atoms with Gasteiger partial charge in [0.25, 0.3) is 0 Å². The highest BCUT2D eigenvalue weighted by Gasteiger charge is 2.17. The van der Waals surface area contributed by atoms with Crippen LogP contribution in [0.25, 0.3) is 0 Å². The maximum Gasteiger partial charge on any atom is 0.319 e. The molecule has 0 spiro atoms. The Hall–Kier alpha value is -1.17. The van der Waals surface area contributed by atoms with Gasteiger partial charge in [0.15, 0.2) is 0 Å². The van der Waals surface area contributed by atoms with Gasteiger partial charge in [-0.25, -0.2) is 4.39 Å². The van der Waals surface area contributed by atoms with E-state index in [4.69, 9.17) is 0 Å². The van der Waals surface area contributed by atoms with Crippen molar-refractivity contribution in [3.8, 4) is 0 Å². The van der Waals surface area contributed by atoms with E-state index in [0.717, 1.165) is 0 Å². The molecular weight excluding hydrogens is 205 g/mol. The predicted octanol–water partition coefficient (Wildman–Crippen LogP) is -0.00760. The Balaban J connectivity index is 4.17. The third-order valence-corrected chi connectivity index (χ3v) is 1.67. The number of carbonyl (C=O) groups excluding carboxylic acids is 2. The summed E-state index contributed by atoms with van der Waals surface area (Å²) in [6, 6.07) is 0. The molecule has 0 N–H and O–H groups in total.